The summed E-state index contributed by atoms with van der Waals surface area (Å²) in [5, 5.41) is 6.62. The monoisotopic (exact) mass is 432 g/mol. The molecule has 0 fully saturated rings. The van der Waals surface area contributed by atoms with Crippen molar-refractivity contribution in [3.8, 4) is 5.75 Å². The van der Waals surface area contributed by atoms with Crippen molar-refractivity contribution < 1.29 is 9.13 Å². The highest BCUT2D eigenvalue weighted by Gasteiger charge is 2.06. The van der Waals surface area contributed by atoms with Gasteiger partial charge in [0.2, 0.25) is 0 Å². The number of hydrogen-bond acceptors (Lipinski definition) is 4. The van der Waals surface area contributed by atoms with Crippen LogP contribution in [-0.4, -0.2) is 51.4 Å². The summed E-state index contributed by atoms with van der Waals surface area (Å²) in [4.78, 5) is 6.43. The van der Waals surface area contributed by atoms with E-state index >= 15 is 0 Å². The van der Waals surface area contributed by atoms with E-state index < -0.39 is 0 Å². The van der Waals surface area contributed by atoms with E-state index in [1.54, 1.807) is 24.9 Å². The quantitative estimate of drug-likeness (QED) is 0.321. The van der Waals surface area contributed by atoms with Crippen molar-refractivity contribution in [2.75, 3.05) is 40.6 Å². The van der Waals surface area contributed by atoms with Gasteiger partial charge in [0, 0.05) is 32.4 Å². The summed E-state index contributed by atoms with van der Waals surface area (Å²) in [5.41, 5.74) is 3.22. The standard InChI is InChI=1S/C23H33FN4OS/c1-25-23(27-16-19-8-9-21(24)14-20(19)17-30-4)26-15-18-6-10-22(11-7-18)29-13-5-12-28(2)3/h6-11,14H,5,12-13,15-17H2,1-4H3,(H2,25,26,27). The predicted molar refractivity (Wildman–Crippen MR) is 126 cm³/mol. The van der Waals surface area contributed by atoms with Gasteiger partial charge < -0.3 is 20.3 Å². The third-order valence-corrected chi connectivity index (χ3v) is 5.14. The first-order chi connectivity index (χ1) is 14.5. The van der Waals surface area contributed by atoms with Crippen molar-refractivity contribution in [1.82, 2.24) is 15.5 Å². The largest absolute Gasteiger partial charge is 0.494 e. The van der Waals surface area contributed by atoms with E-state index in [0.717, 1.165) is 41.2 Å². The van der Waals surface area contributed by atoms with Gasteiger partial charge in [0.25, 0.3) is 0 Å². The fraction of sp³-hybridized carbons (Fsp3) is 0.435. The van der Waals surface area contributed by atoms with E-state index in [4.69, 9.17) is 4.74 Å². The second kappa shape index (κ2) is 13.1. The minimum absolute atomic E-state index is 0.199. The van der Waals surface area contributed by atoms with Gasteiger partial charge in [0.05, 0.1) is 6.61 Å². The first kappa shape index (κ1) is 24.0. The van der Waals surface area contributed by atoms with Crippen LogP contribution in [0.4, 0.5) is 4.39 Å². The van der Waals surface area contributed by atoms with Crippen LogP contribution in [0.1, 0.15) is 23.1 Å². The van der Waals surface area contributed by atoms with Gasteiger partial charge in [-0.05, 0) is 67.7 Å². The first-order valence-electron chi connectivity index (χ1n) is 10.1. The van der Waals surface area contributed by atoms with Crippen LogP contribution < -0.4 is 15.4 Å². The third kappa shape index (κ3) is 8.63. The number of aliphatic imine (C=N–C) groups is 1. The van der Waals surface area contributed by atoms with Crippen molar-refractivity contribution in [3.05, 3.63) is 65.0 Å². The summed E-state index contributed by atoms with van der Waals surface area (Å²) < 4.78 is 19.3. The molecule has 0 bridgehead atoms. The Labute approximate surface area is 184 Å². The summed E-state index contributed by atoms with van der Waals surface area (Å²) >= 11 is 1.68. The molecule has 0 atom stereocenters. The van der Waals surface area contributed by atoms with Gasteiger partial charge in [-0.2, -0.15) is 11.8 Å². The van der Waals surface area contributed by atoms with Crippen molar-refractivity contribution in [2.24, 2.45) is 4.99 Å². The number of nitrogens with one attached hydrogen (secondary N) is 2. The lowest BCUT2D eigenvalue weighted by Gasteiger charge is -2.14. The maximum atomic E-state index is 13.5. The highest BCUT2D eigenvalue weighted by atomic mass is 32.2. The van der Waals surface area contributed by atoms with E-state index in [1.807, 2.05) is 24.5 Å². The Hall–Kier alpha value is -2.25. The van der Waals surface area contributed by atoms with E-state index in [0.29, 0.717) is 25.7 Å². The summed E-state index contributed by atoms with van der Waals surface area (Å²) in [6.07, 6.45) is 3.02. The minimum Gasteiger partial charge on any atom is -0.494 e. The molecule has 0 aliphatic heterocycles. The molecule has 7 heteroatoms. The van der Waals surface area contributed by atoms with E-state index in [2.05, 4.69) is 46.8 Å². The van der Waals surface area contributed by atoms with Gasteiger partial charge in [-0.1, -0.05) is 18.2 Å². The number of benzene rings is 2. The number of nitrogens with zero attached hydrogens (tertiary/aromatic N) is 2. The van der Waals surface area contributed by atoms with Crippen LogP contribution >= 0.6 is 11.8 Å². The summed E-state index contributed by atoms with van der Waals surface area (Å²) in [6, 6.07) is 13.0. The Bertz CT molecular complexity index is 796. The van der Waals surface area contributed by atoms with E-state index in [1.165, 1.54) is 6.07 Å². The van der Waals surface area contributed by atoms with Crippen LogP contribution in [-0.2, 0) is 18.8 Å². The molecule has 2 N–H and O–H groups in total. The van der Waals surface area contributed by atoms with Crippen LogP contribution in [0.3, 0.4) is 0 Å². The fourth-order valence-electron chi connectivity index (χ4n) is 2.92. The topological polar surface area (TPSA) is 48.9 Å². The third-order valence-electron chi connectivity index (χ3n) is 4.54. The second-order valence-corrected chi connectivity index (χ2v) is 8.14. The van der Waals surface area contributed by atoms with Gasteiger partial charge in [-0.15, -0.1) is 0 Å². The van der Waals surface area contributed by atoms with Crippen LogP contribution in [0.5, 0.6) is 5.75 Å². The normalized spacial score (nSPS) is 11.6. The molecule has 0 unspecified atom stereocenters. The lowest BCUT2D eigenvalue weighted by Crippen LogP contribution is -2.36. The molecule has 0 aromatic heterocycles. The maximum absolute atomic E-state index is 13.5. The Kier molecular flexibility index (Phi) is 10.5. The molecule has 0 aliphatic carbocycles. The van der Waals surface area contributed by atoms with Gasteiger partial charge in [-0.3, -0.25) is 4.99 Å². The number of thioether (sulfide) groups is 1. The van der Waals surface area contributed by atoms with Gasteiger partial charge in [0.1, 0.15) is 11.6 Å². The molecule has 2 rings (SSSR count). The van der Waals surface area contributed by atoms with E-state index in [-0.39, 0.29) is 5.82 Å². The molecular weight excluding hydrogens is 399 g/mol. The number of halogens is 1. The average Bonchev–Trinajstić information content (AvgIpc) is 2.73. The Balaban J connectivity index is 1.80. The predicted octanol–water partition coefficient (Wildman–Crippen LogP) is 3.88. The molecule has 0 saturated carbocycles. The molecule has 5 nitrogen and oxygen atoms in total. The SMILES string of the molecule is CN=C(NCc1ccc(OCCCN(C)C)cc1)NCc1ccc(F)cc1CSC. The molecular formula is C23H33FN4OS. The van der Waals surface area contributed by atoms with Crippen molar-refractivity contribution in [3.63, 3.8) is 0 Å². The molecule has 30 heavy (non-hydrogen) atoms. The fourth-order valence-corrected chi connectivity index (χ4v) is 3.50. The number of ether oxygens (including phenoxy) is 1. The van der Waals surface area contributed by atoms with Gasteiger partial charge in [0.15, 0.2) is 5.96 Å². The van der Waals surface area contributed by atoms with Crippen LogP contribution in [0.15, 0.2) is 47.5 Å². The molecule has 0 amide bonds. The van der Waals surface area contributed by atoms with Crippen LogP contribution in [0.25, 0.3) is 0 Å². The number of rotatable bonds is 11. The molecule has 0 radical (unpaired) electrons. The Morgan fingerprint density at radius 2 is 1.80 bits per heavy atom. The number of hydrogen-bond donors (Lipinski definition) is 2. The summed E-state index contributed by atoms with van der Waals surface area (Å²) in [6.45, 7) is 2.98. The molecule has 0 heterocycles. The highest BCUT2D eigenvalue weighted by molar-refractivity contribution is 7.97. The van der Waals surface area contributed by atoms with Crippen molar-refractivity contribution in [2.45, 2.75) is 25.3 Å². The smallest absolute Gasteiger partial charge is 0.191 e. The summed E-state index contributed by atoms with van der Waals surface area (Å²) in [7, 11) is 5.87. The summed E-state index contributed by atoms with van der Waals surface area (Å²) in [5.74, 6) is 2.18. The zero-order valence-electron chi connectivity index (χ0n) is 18.4. The molecule has 2 aromatic carbocycles. The zero-order valence-corrected chi connectivity index (χ0v) is 19.2. The molecule has 0 aliphatic rings. The minimum atomic E-state index is -0.199. The molecule has 0 spiro atoms. The Morgan fingerprint density at radius 3 is 2.47 bits per heavy atom. The second-order valence-electron chi connectivity index (χ2n) is 7.27. The van der Waals surface area contributed by atoms with Crippen LogP contribution in [0.2, 0.25) is 0 Å². The highest BCUT2D eigenvalue weighted by Crippen LogP contribution is 2.17. The van der Waals surface area contributed by atoms with Crippen LogP contribution in [0, 0.1) is 5.82 Å². The Morgan fingerprint density at radius 1 is 1.07 bits per heavy atom. The van der Waals surface area contributed by atoms with Gasteiger partial charge >= 0.3 is 0 Å². The molecule has 0 saturated heterocycles. The molecule has 164 valence electrons. The average molecular weight is 433 g/mol. The first-order valence-corrected chi connectivity index (χ1v) is 11.5. The lowest BCUT2D eigenvalue weighted by atomic mass is 10.1. The van der Waals surface area contributed by atoms with Crippen molar-refractivity contribution >= 4 is 17.7 Å². The van der Waals surface area contributed by atoms with Crippen molar-refractivity contribution in [1.29, 1.82) is 0 Å². The van der Waals surface area contributed by atoms with E-state index in [9.17, 15) is 4.39 Å². The van der Waals surface area contributed by atoms with Gasteiger partial charge in [-0.25, -0.2) is 4.39 Å². The number of guanidine groups is 1. The zero-order chi connectivity index (χ0) is 21.8. The molecule has 2 aromatic rings. The lowest BCUT2D eigenvalue weighted by molar-refractivity contribution is 0.281. The maximum Gasteiger partial charge on any atom is 0.191 e.